The predicted molar refractivity (Wildman–Crippen MR) is 125 cm³/mol. The third-order valence-corrected chi connectivity index (χ3v) is 5.73. The molecule has 0 saturated carbocycles. The molecule has 1 aliphatic heterocycles. The maximum Gasteiger partial charge on any atom is 0.308 e. The molecule has 0 N–H and O–H groups in total. The van der Waals surface area contributed by atoms with Crippen LogP contribution in [0.4, 0.5) is 5.82 Å². The topological polar surface area (TPSA) is 106 Å². The summed E-state index contributed by atoms with van der Waals surface area (Å²) in [6.07, 6.45) is 1.51. The highest BCUT2D eigenvalue weighted by Crippen LogP contribution is 2.25. The van der Waals surface area contributed by atoms with Crippen molar-refractivity contribution in [3.05, 3.63) is 66.0 Å². The van der Waals surface area contributed by atoms with Crippen molar-refractivity contribution in [2.45, 2.75) is 13.8 Å². The van der Waals surface area contributed by atoms with Gasteiger partial charge in [-0.3, -0.25) is 9.59 Å². The van der Waals surface area contributed by atoms with Crippen LogP contribution in [0.5, 0.6) is 5.75 Å². The summed E-state index contributed by atoms with van der Waals surface area (Å²) in [4.78, 5) is 37.2. The number of para-hydroxylation sites is 1. The van der Waals surface area contributed by atoms with Gasteiger partial charge in [0, 0.05) is 33.1 Å². The number of hydrogen-bond acceptors (Lipinski definition) is 8. The van der Waals surface area contributed by atoms with Crippen LogP contribution < -0.4 is 9.64 Å². The molecule has 172 valence electrons. The lowest BCUT2D eigenvalue weighted by molar-refractivity contribution is -0.131. The summed E-state index contributed by atoms with van der Waals surface area (Å²) >= 11 is 0. The van der Waals surface area contributed by atoms with E-state index in [1.165, 1.54) is 13.3 Å². The van der Waals surface area contributed by atoms with E-state index >= 15 is 0 Å². The van der Waals surface area contributed by atoms with Crippen LogP contribution in [0.2, 0.25) is 0 Å². The molecule has 1 fully saturated rings. The molecule has 1 amide bonds. The molecule has 2 aromatic carbocycles. The molecular formula is C24H23N7O3. The SMILES string of the molecule is CC(=O)Oc1ccccc1C(=O)N1CCN(c2ncnc3c2nnn3-c2ccc(C)cc2)CC1. The van der Waals surface area contributed by atoms with Gasteiger partial charge in [-0.05, 0) is 31.2 Å². The molecule has 10 nitrogen and oxygen atoms in total. The number of carbonyl (C=O) groups is 2. The molecule has 1 aliphatic rings. The first-order chi connectivity index (χ1) is 16.5. The summed E-state index contributed by atoms with van der Waals surface area (Å²) in [6, 6.07) is 14.8. The average Bonchev–Trinajstić information content (AvgIpc) is 3.29. The zero-order valence-electron chi connectivity index (χ0n) is 18.9. The highest BCUT2D eigenvalue weighted by atomic mass is 16.5. The Kier molecular flexibility index (Phi) is 5.62. The Balaban J connectivity index is 1.34. The highest BCUT2D eigenvalue weighted by Gasteiger charge is 2.27. The van der Waals surface area contributed by atoms with Crippen LogP contribution in [0.25, 0.3) is 16.9 Å². The number of amides is 1. The van der Waals surface area contributed by atoms with E-state index < -0.39 is 5.97 Å². The maximum atomic E-state index is 13.1. The van der Waals surface area contributed by atoms with E-state index in [9.17, 15) is 9.59 Å². The second-order valence-electron chi connectivity index (χ2n) is 8.08. The number of hydrogen-bond donors (Lipinski definition) is 0. The van der Waals surface area contributed by atoms with Crippen LogP contribution in [0, 0.1) is 6.92 Å². The van der Waals surface area contributed by atoms with Gasteiger partial charge in [0.2, 0.25) is 0 Å². The zero-order valence-corrected chi connectivity index (χ0v) is 18.9. The Bertz CT molecular complexity index is 1360. The molecule has 3 heterocycles. The first-order valence-electron chi connectivity index (χ1n) is 11.0. The summed E-state index contributed by atoms with van der Waals surface area (Å²) in [5.41, 5.74) is 3.65. The maximum absolute atomic E-state index is 13.1. The number of benzene rings is 2. The van der Waals surface area contributed by atoms with E-state index in [1.807, 2.05) is 31.2 Å². The van der Waals surface area contributed by atoms with Crippen molar-refractivity contribution in [3.63, 3.8) is 0 Å². The molecule has 34 heavy (non-hydrogen) atoms. The fourth-order valence-corrected chi connectivity index (χ4v) is 4.01. The van der Waals surface area contributed by atoms with Crippen molar-refractivity contribution in [3.8, 4) is 11.4 Å². The summed E-state index contributed by atoms with van der Waals surface area (Å²) in [6.45, 7) is 5.48. The number of esters is 1. The van der Waals surface area contributed by atoms with Crippen molar-refractivity contribution in [1.29, 1.82) is 0 Å². The average molecular weight is 457 g/mol. The fourth-order valence-electron chi connectivity index (χ4n) is 4.01. The van der Waals surface area contributed by atoms with Crippen molar-refractivity contribution in [2.75, 3.05) is 31.1 Å². The monoisotopic (exact) mass is 457 g/mol. The number of aryl methyl sites for hydroxylation is 1. The lowest BCUT2D eigenvalue weighted by Crippen LogP contribution is -2.49. The Morgan fingerprint density at radius 3 is 2.41 bits per heavy atom. The van der Waals surface area contributed by atoms with Gasteiger partial charge in [0.25, 0.3) is 5.91 Å². The number of piperazine rings is 1. The largest absolute Gasteiger partial charge is 0.426 e. The van der Waals surface area contributed by atoms with Crippen molar-refractivity contribution in [2.24, 2.45) is 0 Å². The smallest absolute Gasteiger partial charge is 0.308 e. The standard InChI is InChI=1S/C24H23N7O3/c1-16-7-9-18(10-8-16)31-23-21(27-28-31)22(25-15-26-23)29-11-13-30(14-12-29)24(33)19-5-3-4-6-20(19)34-17(2)32/h3-10,15H,11-14H2,1-2H3. The molecule has 1 saturated heterocycles. The number of carbonyl (C=O) groups excluding carboxylic acids is 2. The molecular weight excluding hydrogens is 434 g/mol. The molecule has 0 radical (unpaired) electrons. The minimum Gasteiger partial charge on any atom is -0.426 e. The van der Waals surface area contributed by atoms with Gasteiger partial charge in [-0.25, -0.2) is 9.97 Å². The number of fused-ring (bicyclic) bond motifs is 1. The molecule has 5 rings (SSSR count). The summed E-state index contributed by atoms with van der Waals surface area (Å²) in [5.74, 6) is 0.328. The molecule has 10 heteroatoms. The minimum atomic E-state index is -0.462. The third-order valence-electron chi connectivity index (χ3n) is 5.73. The van der Waals surface area contributed by atoms with Crippen LogP contribution in [0.15, 0.2) is 54.9 Å². The van der Waals surface area contributed by atoms with Crippen LogP contribution in [0.3, 0.4) is 0 Å². The highest BCUT2D eigenvalue weighted by molar-refractivity contribution is 5.97. The Labute approximate surface area is 195 Å². The normalized spacial score (nSPS) is 13.8. The first kappa shape index (κ1) is 21.5. The Hall–Kier alpha value is -4.34. The van der Waals surface area contributed by atoms with Gasteiger partial charge in [0.05, 0.1) is 11.3 Å². The van der Waals surface area contributed by atoms with E-state index in [-0.39, 0.29) is 11.7 Å². The summed E-state index contributed by atoms with van der Waals surface area (Å²) in [7, 11) is 0. The first-order valence-corrected chi connectivity index (χ1v) is 11.0. The van der Waals surface area contributed by atoms with Crippen molar-refractivity contribution in [1.82, 2.24) is 29.9 Å². The van der Waals surface area contributed by atoms with Gasteiger partial charge in [-0.1, -0.05) is 35.0 Å². The predicted octanol–water partition coefficient (Wildman–Crippen LogP) is 2.41. The van der Waals surface area contributed by atoms with E-state index in [0.717, 1.165) is 11.3 Å². The van der Waals surface area contributed by atoms with E-state index in [4.69, 9.17) is 4.74 Å². The van der Waals surface area contributed by atoms with Gasteiger partial charge in [0.15, 0.2) is 17.0 Å². The summed E-state index contributed by atoms with van der Waals surface area (Å²) in [5, 5.41) is 8.65. The number of aromatic nitrogens is 5. The number of ether oxygens (including phenoxy) is 1. The van der Waals surface area contributed by atoms with Crippen molar-refractivity contribution < 1.29 is 14.3 Å². The zero-order chi connectivity index (χ0) is 23.7. The molecule has 0 aliphatic carbocycles. The molecule has 2 aromatic heterocycles. The lowest BCUT2D eigenvalue weighted by atomic mass is 10.1. The van der Waals surface area contributed by atoms with Crippen LogP contribution in [-0.2, 0) is 4.79 Å². The minimum absolute atomic E-state index is 0.172. The van der Waals surface area contributed by atoms with Crippen LogP contribution in [0.1, 0.15) is 22.8 Å². The number of anilines is 1. The number of nitrogens with zero attached hydrogens (tertiary/aromatic N) is 7. The van der Waals surface area contributed by atoms with Gasteiger partial charge in [0.1, 0.15) is 12.1 Å². The Morgan fingerprint density at radius 2 is 1.68 bits per heavy atom. The lowest BCUT2D eigenvalue weighted by Gasteiger charge is -2.35. The second kappa shape index (κ2) is 8.89. The molecule has 0 unspecified atom stereocenters. The van der Waals surface area contributed by atoms with Crippen LogP contribution >= 0.6 is 0 Å². The summed E-state index contributed by atoms with van der Waals surface area (Å²) < 4.78 is 6.91. The second-order valence-corrected chi connectivity index (χ2v) is 8.08. The molecule has 4 aromatic rings. The van der Waals surface area contributed by atoms with E-state index in [0.29, 0.717) is 48.7 Å². The van der Waals surface area contributed by atoms with Gasteiger partial charge in [-0.2, -0.15) is 4.68 Å². The quantitative estimate of drug-likeness (QED) is 0.340. The van der Waals surface area contributed by atoms with E-state index in [1.54, 1.807) is 33.8 Å². The van der Waals surface area contributed by atoms with Crippen LogP contribution in [-0.4, -0.2) is 67.9 Å². The third kappa shape index (κ3) is 4.05. The van der Waals surface area contributed by atoms with Gasteiger partial charge < -0.3 is 14.5 Å². The van der Waals surface area contributed by atoms with Crippen molar-refractivity contribution >= 4 is 28.9 Å². The number of rotatable bonds is 4. The Morgan fingerprint density at radius 1 is 0.941 bits per heavy atom. The molecule has 0 atom stereocenters. The molecule has 0 bridgehead atoms. The van der Waals surface area contributed by atoms with Gasteiger partial charge in [-0.15, -0.1) is 5.10 Å². The molecule has 0 spiro atoms. The fraction of sp³-hybridized carbons (Fsp3) is 0.250. The van der Waals surface area contributed by atoms with Gasteiger partial charge >= 0.3 is 5.97 Å². The van der Waals surface area contributed by atoms with E-state index in [2.05, 4.69) is 25.2 Å².